The van der Waals surface area contributed by atoms with Crippen molar-refractivity contribution < 1.29 is 19.1 Å². The molecule has 2 fully saturated rings. The van der Waals surface area contributed by atoms with Crippen LogP contribution in [0.4, 0.5) is 0 Å². The van der Waals surface area contributed by atoms with Crippen LogP contribution in [0.5, 0.6) is 11.5 Å². The van der Waals surface area contributed by atoms with Crippen molar-refractivity contribution >= 4 is 62.1 Å². The normalized spacial score (nSPS) is 18.5. The molecule has 0 aromatic heterocycles. The van der Waals surface area contributed by atoms with Crippen LogP contribution in [0.1, 0.15) is 51.5 Å². The van der Waals surface area contributed by atoms with Crippen molar-refractivity contribution in [3.05, 3.63) is 27.1 Å². The fourth-order valence-electron chi connectivity index (χ4n) is 3.76. The van der Waals surface area contributed by atoms with Gasteiger partial charge < -0.3 is 14.8 Å². The molecule has 6 nitrogen and oxygen atoms in total. The van der Waals surface area contributed by atoms with E-state index in [2.05, 4.69) is 35.1 Å². The summed E-state index contributed by atoms with van der Waals surface area (Å²) in [5, 5.41) is 3.04. The Kier molecular flexibility index (Phi) is 9.02. The Hall–Kier alpha value is -1.58. The van der Waals surface area contributed by atoms with Crippen molar-refractivity contribution in [1.82, 2.24) is 10.2 Å². The predicted octanol–water partition coefficient (Wildman–Crippen LogP) is 5.14. The van der Waals surface area contributed by atoms with Crippen LogP contribution < -0.4 is 14.8 Å². The second-order valence-electron chi connectivity index (χ2n) is 8.40. The molecule has 9 heteroatoms. The first-order valence-corrected chi connectivity index (χ1v) is 12.8. The van der Waals surface area contributed by atoms with E-state index in [1.165, 1.54) is 18.2 Å². The number of nitrogens with zero attached hydrogens (tertiary/aromatic N) is 1. The van der Waals surface area contributed by atoms with Gasteiger partial charge in [-0.1, -0.05) is 73.0 Å². The topological polar surface area (TPSA) is 67.9 Å². The minimum absolute atomic E-state index is 0.0769. The highest BCUT2D eigenvalue weighted by Crippen LogP contribution is 2.38. The van der Waals surface area contributed by atoms with E-state index in [1.54, 1.807) is 30.2 Å². The Labute approximate surface area is 207 Å². The number of carbonyl (C=O) groups is 2. The summed E-state index contributed by atoms with van der Waals surface area (Å²) < 4.78 is 12.5. The maximum Gasteiger partial charge on any atom is 0.266 e. The quantitative estimate of drug-likeness (QED) is 0.363. The van der Waals surface area contributed by atoms with Crippen molar-refractivity contribution in [3.63, 3.8) is 0 Å². The maximum absolute atomic E-state index is 12.8. The number of amides is 2. The van der Waals surface area contributed by atoms with Gasteiger partial charge in [-0.15, -0.1) is 0 Å². The molecule has 1 aliphatic carbocycles. The third kappa shape index (κ3) is 6.48. The van der Waals surface area contributed by atoms with Gasteiger partial charge in [-0.2, -0.15) is 0 Å². The summed E-state index contributed by atoms with van der Waals surface area (Å²) in [5.74, 6) is 1.06. The summed E-state index contributed by atoms with van der Waals surface area (Å²) in [7, 11) is 1.55. The van der Waals surface area contributed by atoms with E-state index in [0.29, 0.717) is 33.2 Å². The number of hydrogen-bond acceptors (Lipinski definition) is 6. The molecule has 1 aromatic rings. The van der Waals surface area contributed by atoms with Crippen LogP contribution in [-0.2, 0) is 9.59 Å². The van der Waals surface area contributed by atoms with Crippen LogP contribution in [0.15, 0.2) is 21.5 Å². The summed E-state index contributed by atoms with van der Waals surface area (Å²) in [6.07, 6.45) is 7.40. The van der Waals surface area contributed by atoms with Crippen molar-refractivity contribution in [2.24, 2.45) is 5.92 Å². The van der Waals surface area contributed by atoms with Gasteiger partial charge >= 0.3 is 0 Å². The first-order valence-electron chi connectivity index (χ1n) is 10.8. The largest absolute Gasteiger partial charge is 0.493 e. The van der Waals surface area contributed by atoms with Gasteiger partial charge in [-0.3, -0.25) is 14.5 Å². The second kappa shape index (κ2) is 11.5. The number of methoxy groups -OCH3 is 1. The third-order valence-electron chi connectivity index (χ3n) is 5.32. The summed E-state index contributed by atoms with van der Waals surface area (Å²) in [6.45, 7) is 4.63. The number of thioether (sulfide) groups is 1. The SMILES string of the molecule is COc1cc(/C=C2\SC(=S)N(CC(C)C)C2=O)c(Br)cc1OCC(=O)NC1CCCCC1. The molecule has 1 aliphatic heterocycles. The number of hydrogen-bond donors (Lipinski definition) is 1. The minimum atomic E-state index is -0.132. The van der Waals surface area contributed by atoms with Crippen molar-refractivity contribution in [3.8, 4) is 11.5 Å². The molecular formula is C23H29BrN2O4S2. The van der Waals surface area contributed by atoms with Crippen LogP contribution in [0.2, 0.25) is 0 Å². The van der Waals surface area contributed by atoms with E-state index in [1.807, 2.05) is 0 Å². The monoisotopic (exact) mass is 540 g/mol. The molecular weight excluding hydrogens is 512 g/mol. The Bertz CT molecular complexity index is 914. The zero-order valence-corrected chi connectivity index (χ0v) is 21.8. The summed E-state index contributed by atoms with van der Waals surface area (Å²) in [5.41, 5.74) is 0.769. The van der Waals surface area contributed by atoms with E-state index in [-0.39, 0.29) is 24.5 Å². The van der Waals surface area contributed by atoms with Crippen molar-refractivity contribution in [1.29, 1.82) is 0 Å². The Morgan fingerprint density at radius 3 is 2.69 bits per heavy atom. The molecule has 0 atom stereocenters. The van der Waals surface area contributed by atoms with Gasteiger partial charge in [0.25, 0.3) is 11.8 Å². The van der Waals surface area contributed by atoms with Gasteiger partial charge in [-0.05, 0) is 42.5 Å². The summed E-state index contributed by atoms with van der Waals surface area (Å²) >= 11 is 10.2. The lowest BCUT2D eigenvalue weighted by molar-refractivity contribution is -0.124. The number of benzene rings is 1. The Morgan fingerprint density at radius 1 is 1.31 bits per heavy atom. The molecule has 1 aromatic carbocycles. The van der Waals surface area contributed by atoms with E-state index in [0.717, 1.165) is 35.7 Å². The number of thiocarbonyl (C=S) groups is 1. The highest BCUT2D eigenvalue weighted by atomic mass is 79.9. The molecule has 0 bridgehead atoms. The molecule has 2 aliphatic rings. The molecule has 1 saturated carbocycles. The highest BCUT2D eigenvalue weighted by Gasteiger charge is 2.32. The lowest BCUT2D eigenvalue weighted by Crippen LogP contribution is -2.39. The van der Waals surface area contributed by atoms with E-state index in [9.17, 15) is 9.59 Å². The number of rotatable bonds is 8. The molecule has 1 N–H and O–H groups in total. The van der Waals surface area contributed by atoms with Crippen LogP contribution in [-0.4, -0.2) is 47.3 Å². The van der Waals surface area contributed by atoms with Crippen LogP contribution in [0.25, 0.3) is 6.08 Å². The minimum Gasteiger partial charge on any atom is -0.493 e. The van der Waals surface area contributed by atoms with Crippen molar-refractivity contribution in [2.75, 3.05) is 20.3 Å². The molecule has 2 amide bonds. The first-order chi connectivity index (χ1) is 15.3. The number of carbonyl (C=O) groups excluding carboxylic acids is 2. The van der Waals surface area contributed by atoms with Gasteiger partial charge in [0, 0.05) is 17.1 Å². The smallest absolute Gasteiger partial charge is 0.266 e. The standard InChI is InChI=1S/C23H29BrN2O4S2/c1-14(2)12-26-22(28)20(32-23(26)31)10-15-9-18(29-3)19(11-17(15)24)30-13-21(27)25-16-7-5-4-6-8-16/h9-11,14,16H,4-8,12-13H2,1-3H3,(H,25,27)/b20-10-. The molecule has 0 unspecified atom stereocenters. The molecule has 1 heterocycles. The molecule has 174 valence electrons. The lowest BCUT2D eigenvalue weighted by atomic mass is 9.95. The zero-order chi connectivity index (χ0) is 23.3. The fourth-order valence-corrected chi connectivity index (χ4v) is 5.46. The summed E-state index contributed by atoms with van der Waals surface area (Å²) in [4.78, 5) is 27.3. The van der Waals surface area contributed by atoms with Crippen LogP contribution >= 0.6 is 39.9 Å². The zero-order valence-electron chi connectivity index (χ0n) is 18.6. The first kappa shape index (κ1) is 25.1. The number of nitrogens with one attached hydrogen (secondary N) is 1. The lowest BCUT2D eigenvalue weighted by Gasteiger charge is -2.22. The number of halogens is 1. The van der Waals surface area contributed by atoms with Crippen molar-refractivity contribution in [2.45, 2.75) is 52.0 Å². The Morgan fingerprint density at radius 2 is 2.03 bits per heavy atom. The van der Waals surface area contributed by atoms with E-state index >= 15 is 0 Å². The van der Waals surface area contributed by atoms with Gasteiger partial charge in [0.1, 0.15) is 4.32 Å². The summed E-state index contributed by atoms with van der Waals surface area (Å²) in [6, 6.07) is 3.78. The van der Waals surface area contributed by atoms with Gasteiger partial charge in [0.05, 0.1) is 12.0 Å². The fraction of sp³-hybridized carbons (Fsp3) is 0.522. The molecule has 3 rings (SSSR count). The maximum atomic E-state index is 12.8. The van der Waals surface area contributed by atoms with Gasteiger partial charge in [0.15, 0.2) is 18.1 Å². The highest BCUT2D eigenvalue weighted by molar-refractivity contribution is 9.10. The van der Waals surface area contributed by atoms with E-state index in [4.69, 9.17) is 21.7 Å². The molecule has 0 spiro atoms. The average molecular weight is 542 g/mol. The molecule has 1 saturated heterocycles. The van der Waals surface area contributed by atoms with Gasteiger partial charge in [0.2, 0.25) is 0 Å². The van der Waals surface area contributed by atoms with E-state index < -0.39 is 0 Å². The second-order valence-corrected chi connectivity index (χ2v) is 10.9. The third-order valence-corrected chi connectivity index (χ3v) is 7.38. The van der Waals surface area contributed by atoms with Gasteiger partial charge in [-0.25, -0.2) is 0 Å². The van der Waals surface area contributed by atoms with Crippen LogP contribution in [0.3, 0.4) is 0 Å². The molecule has 32 heavy (non-hydrogen) atoms. The van der Waals surface area contributed by atoms with Crippen LogP contribution in [0, 0.1) is 5.92 Å². The Balaban J connectivity index is 1.69. The average Bonchev–Trinajstić information content (AvgIpc) is 3.01. The number of ether oxygens (including phenoxy) is 2. The molecule has 0 radical (unpaired) electrons. The predicted molar refractivity (Wildman–Crippen MR) is 136 cm³/mol.